The lowest BCUT2D eigenvalue weighted by Crippen LogP contribution is -2.09. The maximum Gasteiger partial charge on any atom is 0.290 e. The highest BCUT2D eigenvalue weighted by Crippen LogP contribution is 1.59. The van der Waals surface area contributed by atoms with E-state index < -0.39 is 0 Å². The molecule has 4 heteroatoms. The standard InChI is InChI=1S/C3H6N2.CH2O2/c1-3(5)2-4;2-1-3/h3H,5H2,1H3;1H,(H,2,3)/t3-;/m0./s1. The lowest BCUT2D eigenvalue weighted by molar-refractivity contribution is -0.122. The SMILES string of the molecule is C[C@H](N)C#N.O=CO. The summed E-state index contributed by atoms with van der Waals surface area (Å²) in [6, 6.07) is 1.50. The maximum absolute atomic E-state index is 8.36. The van der Waals surface area contributed by atoms with E-state index in [2.05, 4.69) is 0 Å². The molecule has 4 nitrogen and oxygen atoms in total. The van der Waals surface area contributed by atoms with Gasteiger partial charge in [0, 0.05) is 0 Å². The summed E-state index contributed by atoms with van der Waals surface area (Å²) in [5, 5.41) is 14.7. The van der Waals surface area contributed by atoms with Gasteiger partial charge in [-0.3, -0.25) is 4.79 Å². The van der Waals surface area contributed by atoms with Crippen molar-refractivity contribution in [1.82, 2.24) is 0 Å². The molecule has 0 spiro atoms. The van der Waals surface area contributed by atoms with Crippen molar-refractivity contribution in [3.8, 4) is 6.07 Å². The fraction of sp³-hybridized carbons (Fsp3) is 0.500. The predicted molar refractivity (Wildman–Crippen MR) is 28.0 cm³/mol. The molecule has 46 valence electrons. The van der Waals surface area contributed by atoms with Gasteiger partial charge in [-0.05, 0) is 6.92 Å². The number of nitrogens with two attached hydrogens (primary N) is 1. The van der Waals surface area contributed by atoms with Gasteiger partial charge in [-0.1, -0.05) is 0 Å². The van der Waals surface area contributed by atoms with Crippen molar-refractivity contribution >= 4 is 6.47 Å². The summed E-state index contributed by atoms with van der Waals surface area (Å²) in [5.41, 5.74) is 4.93. The largest absolute Gasteiger partial charge is 0.483 e. The Morgan fingerprint density at radius 3 is 2.12 bits per heavy atom. The van der Waals surface area contributed by atoms with Crippen LogP contribution in [0.1, 0.15) is 6.92 Å². The highest BCUT2D eigenvalue weighted by Gasteiger charge is 1.78. The first-order valence-corrected chi connectivity index (χ1v) is 1.92. The molecule has 0 unspecified atom stereocenters. The van der Waals surface area contributed by atoms with E-state index in [4.69, 9.17) is 20.9 Å². The molecule has 0 bridgehead atoms. The molecule has 0 rings (SSSR count). The van der Waals surface area contributed by atoms with Gasteiger partial charge in [0.2, 0.25) is 0 Å². The van der Waals surface area contributed by atoms with Crippen molar-refractivity contribution in [3.63, 3.8) is 0 Å². The van der Waals surface area contributed by atoms with E-state index in [1.165, 1.54) is 0 Å². The number of carbonyl (C=O) groups is 1. The van der Waals surface area contributed by atoms with Crippen LogP contribution in [0.2, 0.25) is 0 Å². The summed E-state index contributed by atoms with van der Waals surface area (Å²) in [5.74, 6) is 0. The van der Waals surface area contributed by atoms with Crippen LogP contribution in [-0.2, 0) is 4.79 Å². The van der Waals surface area contributed by atoms with Crippen LogP contribution in [0, 0.1) is 11.3 Å². The van der Waals surface area contributed by atoms with E-state index in [9.17, 15) is 0 Å². The topological polar surface area (TPSA) is 87.1 Å². The number of nitrogens with zero attached hydrogens (tertiary/aromatic N) is 1. The summed E-state index contributed by atoms with van der Waals surface area (Å²) in [7, 11) is 0. The molecule has 0 amide bonds. The van der Waals surface area contributed by atoms with Crippen molar-refractivity contribution in [2.45, 2.75) is 13.0 Å². The second-order valence-corrected chi connectivity index (χ2v) is 1.02. The number of carboxylic acid groups (broad SMARTS) is 1. The van der Waals surface area contributed by atoms with Crippen molar-refractivity contribution in [2.75, 3.05) is 0 Å². The summed E-state index contributed by atoms with van der Waals surface area (Å²) < 4.78 is 0. The van der Waals surface area contributed by atoms with E-state index in [-0.39, 0.29) is 12.5 Å². The Morgan fingerprint density at radius 2 is 2.12 bits per heavy atom. The van der Waals surface area contributed by atoms with Gasteiger partial charge >= 0.3 is 0 Å². The molecule has 3 N–H and O–H groups in total. The summed E-state index contributed by atoms with van der Waals surface area (Å²) in [6.07, 6.45) is 0. The van der Waals surface area contributed by atoms with Crippen molar-refractivity contribution < 1.29 is 9.90 Å². The zero-order chi connectivity index (χ0) is 6.99. The quantitative estimate of drug-likeness (QED) is 0.420. The average Bonchev–Trinajstić information content (AvgIpc) is 1.69. The third-order valence-corrected chi connectivity index (χ3v) is 0.204. The fourth-order valence-corrected chi connectivity index (χ4v) is 0. The molecule has 0 saturated heterocycles. The highest BCUT2D eigenvalue weighted by molar-refractivity contribution is 5.32. The molecule has 8 heavy (non-hydrogen) atoms. The Labute approximate surface area is 47.5 Å². The highest BCUT2D eigenvalue weighted by atomic mass is 16.3. The molecule has 0 saturated carbocycles. The van der Waals surface area contributed by atoms with E-state index in [1.807, 2.05) is 0 Å². The van der Waals surface area contributed by atoms with Crippen molar-refractivity contribution in [2.24, 2.45) is 5.73 Å². The second-order valence-electron chi connectivity index (χ2n) is 1.02. The first-order valence-electron chi connectivity index (χ1n) is 1.92. The van der Waals surface area contributed by atoms with Gasteiger partial charge in [-0.15, -0.1) is 0 Å². The van der Waals surface area contributed by atoms with Gasteiger partial charge in [-0.25, -0.2) is 0 Å². The van der Waals surface area contributed by atoms with Crippen LogP contribution < -0.4 is 5.73 Å². The van der Waals surface area contributed by atoms with E-state index >= 15 is 0 Å². The molecule has 0 aliphatic rings. The molecule has 0 aromatic heterocycles. The van der Waals surface area contributed by atoms with E-state index in [1.54, 1.807) is 13.0 Å². The molecular formula is C4H8N2O2. The minimum absolute atomic E-state index is 0.250. The molecule has 0 fully saturated rings. The lowest BCUT2D eigenvalue weighted by atomic mass is 10.4. The third kappa shape index (κ3) is 89.3. The summed E-state index contributed by atoms with van der Waals surface area (Å²) in [6.45, 7) is 1.39. The summed E-state index contributed by atoms with van der Waals surface area (Å²) >= 11 is 0. The Kier molecular flexibility index (Phi) is 11.7. The van der Waals surface area contributed by atoms with Gasteiger partial charge in [0.1, 0.15) is 0 Å². The Morgan fingerprint density at radius 1 is 2.00 bits per heavy atom. The Balaban J connectivity index is 0. The molecule has 0 aliphatic heterocycles. The Hall–Kier alpha value is -1.08. The van der Waals surface area contributed by atoms with Gasteiger partial charge < -0.3 is 10.8 Å². The van der Waals surface area contributed by atoms with Crippen LogP contribution in [0.4, 0.5) is 0 Å². The van der Waals surface area contributed by atoms with Crippen molar-refractivity contribution in [3.05, 3.63) is 0 Å². The monoisotopic (exact) mass is 116 g/mol. The van der Waals surface area contributed by atoms with E-state index in [0.29, 0.717) is 0 Å². The number of rotatable bonds is 0. The predicted octanol–water partition coefficient (Wildman–Crippen LogP) is -0.442. The number of hydrogen-bond donors (Lipinski definition) is 2. The minimum atomic E-state index is -0.310. The van der Waals surface area contributed by atoms with E-state index in [0.717, 1.165) is 0 Å². The second kappa shape index (κ2) is 9.33. The summed E-state index contributed by atoms with van der Waals surface area (Å²) in [4.78, 5) is 8.36. The molecule has 0 aromatic carbocycles. The molecular weight excluding hydrogens is 108 g/mol. The van der Waals surface area contributed by atoms with Crippen LogP contribution in [0.15, 0.2) is 0 Å². The van der Waals surface area contributed by atoms with Crippen LogP contribution >= 0.6 is 0 Å². The molecule has 0 heterocycles. The first kappa shape index (κ1) is 10.0. The van der Waals surface area contributed by atoms with Crippen LogP contribution in [0.25, 0.3) is 0 Å². The maximum atomic E-state index is 8.36. The average molecular weight is 116 g/mol. The molecule has 1 atom stereocenters. The smallest absolute Gasteiger partial charge is 0.290 e. The van der Waals surface area contributed by atoms with Gasteiger partial charge in [-0.2, -0.15) is 5.26 Å². The van der Waals surface area contributed by atoms with Gasteiger partial charge in [0.15, 0.2) is 0 Å². The normalized spacial score (nSPS) is 9.62. The van der Waals surface area contributed by atoms with Gasteiger partial charge in [0.05, 0.1) is 12.1 Å². The fourth-order valence-electron chi connectivity index (χ4n) is 0. The number of hydrogen-bond acceptors (Lipinski definition) is 3. The van der Waals surface area contributed by atoms with Crippen LogP contribution in [0.5, 0.6) is 0 Å². The van der Waals surface area contributed by atoms with Crippen molar-refractivity contribution in [1.29, 1.82) is 5.26 Å². The third-order valence-electron chi connectivity index (χ3n) is 0.204. The number of nitriles is 1. The molecule has 0 aliphatic carbocycles. The zero-order valence-corrected chi connectivity index (χ0v) is 4.53. The Bertz CT molecular complexity index is 84.5. The molecule has 0 radical (unpaired) electrons. The first-order chi connectivity index (χ1) is 3.68. The zero-order valence-electron chi connectivity index (χ0n) is 4.53. The van der Waals surface area contributed by atoms with Crippen LogP contribution in [-0.4, -0.2) is 17.6 Å². The minimum Gasteiger partial charge on any atom is -0.483 e. The van der Waals surface area contributed by atoms with Crippen LogP contribution in [0.3, 0.4) is 0 Å². The molecule has 0 aromatic rings. The van der Waals surface area contributed by atoms with Gasteiger partial charge in [0.25, 0.3) is 6.47 Å². The lowest BCUT2D eigenvalue weighted by Gasteiger charge is -1.78.